The van der Waals surface area contributed by atoms with Crippen LogP contribution in [-0.4, -0.2) is 17.2 Å². The lowest BCUT2D eigenvalue weighted by Crippen LogP contribution is -2.17. The van der Waals surface area contributed by atoms with Gasteiger partial charge in [-0.05, 0) is 24.1 Å². The van der Waals surface area contributed by atoms with E-state index in [2.05, 4.69) is 16.4 Å². The van der Waals surface area contributed by atoms with Crippen molar-refractivity contribution >= 4 is 34.9 Å². The van der Waals surface area contributed by atoms with E-state index in [-0.39, 0.29) is 12.2 Å². The average Bonchev–Trinajstić information content (AvgIpc) is 2.87. The Balaban J connectivity index is 1.76. The predicted octanol–water partition coefficient (Wildman–Crippen LogP) is 3.93. The summed E-state index contributed by atoms with van der Waals surface area (Å²) >= 11 is 3.38. The number of anilines is 1. The highest BCUT2D eigenvalue weighted by atomic mass is 32.2. The maximum Gasteiger partial charge on any atom is 0.411 e. The maximum atomic E-state index is 11.5. The summed E-state index contributed by atoms with van der Waals surface area (Å²) < 4.78 is 6.26. The summed E-state index contributed by atoms with van der Waals surface area (Å²) in [5, 5.41) is 4.75. The van der Waals surface area contributed by atoms with Gasteiger partial charge in [0.15, 0.2) is 0 Å². The van der Waals surface area contributed by atoms with E-state index < -0.39 is 0 Å². The van der Waals surface area contributed by atoms with Crippen molar-refractivity contribution in [3.05, 3.63) is 40.9 Å². The first-order valence-corrected chi connectivity index (χ1v) is 8.19. The summed E-state index contributed by atoms with van der Waals surface area (Å²) in [6.07, 6.45) is 2.09. The number of hydrogen-bond acceptors (Lipinski definition) is 5. The number of aromatic nitrogens is 1. The Hall–Kier alpha value is -1.53. The van der Waals surface area contributed by atoms with E-state index in [0.717, 1.165) is 27.8 Å². The molecule has 1 atom stereocenters. The lowest BCUT2D eigenvalue weighted by Gasteiger charge is -2.09. The molecule has 4 nitrogen and oxygen atoms in total. The van der Waals surface area contributed by atoms with Gasteiger partial charge in [-0.2, -0.15) is 0 Å². The van der Waals surface area contributed by atoms with Crippen LogP contribution < -0.4 is 5.32 Å². The Labute approximate surface area is 125 Å². The molecular formula is C14H14N2O2S2. The Kier molecular flexibility index (Phi) is 3.93. The van der Waals surface area contributed by atoms with Crippen LogP contribution in [0.3, 0.4) is 0 Å². The molecule has 6 heteroatoms. The lowest BCUT2D eigenvalue weighted by atomic mass is 10.0. The van der Waals surface area contributed by atoms with E-state index in [1.165, 1.54) is 5.56 Å². The van der Waals surface area contributed by atoms with E-state index in [4.69, 9.17) is 4.74 Å². The SMILES string of the molecule is CC1Cc2cc(CSc3nccs3)ccc2NC(=O)O1. The number of benzene rings is 1. The van der Waals surface area contributed by atoms with Crippen LogP contribution in [0.15, 0.2) is 34.1 Å². The van der Waals surface area contributed by atoms with Gasteiger partial charge in [0.2, 0.25) is 0 Å². The minimum Gasteiger partial charge on any atom is -0.446 e. The molecule has 1 unspecified atom stereocenters. The first-order valence-electron chi connectivity index (χ1n) is 6.32. The number of nitrogens with one attached hydrogen (secondary N) is 1. The summed E-state index contributed by atoms with van der Waals surface area (Å²) in [5.74, 6) is 0.879. The Morgan fingerprint density at radius 2 is 2.45 bits per heavy atom. The molecule has 2 heterocycles. The molecule has 2 aromatic rings. The maximum absolute atomic E-state index is 11.5. The van der Waals surface area contributed by atoms with Crippen molar-refractivity contribution in [2.45, 2.75) is 29.5 Å². The molecule has 1 amide bonds. The van der Waals surface area contributed by atoms with Crippen molar-refractivity contribution in [1.29, 1.82) is 0 Å². The van der Waals surface area contributed by atoms with Crippen LogP contribution in [0.1, 0.15) is 18.1 Å². The summed E-state index contributed by atoms with van der Waals surface area (Å²) in [5.41, 5.74) is 3.20. The minimum absolute atomic E-state index is 0.0990. The second-order valence-electron chi connectivity index (χ2n) is 4.62. The molecule has 0 fully saturated rings. The Morgan fingerprint density at radius 1 is 1.55 bits per heavy atom. The van der Waals surface area contributed by atoms with E-state index in [0.29, 0.717) is 0 Å². The number of thiazole rings is 1. The van der Waals surface area contributed by atoms with Crippen LogP contribution in [0.25, 0.3) is 0 Å². The van der Waals surface area contributed by atoms with Crippen molar-refractivity contribution in [2.75, 3.05) is 5.32 Å². The second kappa shape index (κ2) is 5.85. The van der Waals surface area contributed by atoms with E-state index >= 15 is 0 Å². The van der Waals surface area contributed by atoms with Crippen LogP contribution in [0.5, 0.6) is 0 Å². The molecule has 0 radical (unpaired) electrons. The summed E-state index contributed by atoms with van der Waals surface area (Å²) in [6, 6.07) is 6.13. The van der Waals surface area contributed by atoms with E-state index in [1.807, 2.05) is 30.6 Å². The summed E-state index contributed by atoms with van der Waals surface area (Å²) in [4.78, 5) is 15.7. The fourth-order valence-electron chi connectivity index (χ4n) is 2.13. The van der Waals surface area contributed by atoms with Crippen LogP contribution in [0, 0.1) is 0 Å². The van der Waals surface area contributed by atoms with Crippen molar-refractivity contribution in [3.8, 4) is 0 Å². The Bertz CT molecular complexity index is 614. The Morgan fingerprint density at radius 3 is 3.25 bits per heavy atom. The number of hydrogen-bond donors (Lipinski definition) is 1. The summed E-state index contributed by atoms with van der Waals surface area (Å²) in [7, 11) is 0. The number of amides is 1. The highest BCUT2D eigenvalue weighted by Gasteiger charge is 2.19. The number of ether oxygens (including phenoxy) is 1. The van der Waals surface area contributed by atoms with E-state index in [9.17, 15) is 4.79 Å². The molecule has 1 aliphatic rings. The number of rotatable bonds is 3. The molecule has 104 valence electrons. The molecule has 0 spiro atoms. The van der Waals surface area contributed by atoms with Gasteiger partial charge < -0.3 is 4.74 Å². The van der Waals surface area contributed by atoms with Crippen LogP contribution in [0.4, 0.5) is 10.5 Å². The number of carbonyl (C=O) groups is 1. The fourth-order valence-corrected chi connectivity index (χ4v) is 3.71. The molecule has 1 aromatic carbocycles. The zero-order chi connectivity index (χ0) is 13.9. The molecular weight excluding hydrogens is 292 g/mol. The normalized spacial score (nSPS) is 17.9. The van der Waals surface area contributed by atoms with Crippen molar-refractivity contribution in [1.82, 2.24) is 4.98 Å². The first-order chi connectivity index (χ1) is 9.70. The lowest BCUT2D eigenvalue weighted by molar-refractivity contribution is 0.123. The van der Waals surface area contributed by atoms with Gasteiger partial charge in [0.05, 0.1) is 0 Å². The second-order valence-corrected chi connectivity index (χ2v) is 6.74. The highest BCUT2D eigenvalue weighted by Crippen LogP contribution is 2.28. The minimum atomic E-state index is -0.374. The van der Waals surface area contributed by atoms with E-state index in [1.54, 1.807) is 23.1 Å². The fraction of sp³-hybridized carbons (Fsp3) is 0.286. The molecule has 1 aliphatic heterocycles. The zero-order valence-corrected chi connectivity index (χ0v) is 12.6. The molecule has 1 N–H and O–H groups in total. The van der Waals surface area contributed by atoms with Crippen molar-refractivity contribution in [2.24, 2.45) is 0 Å². The predicted molar refractivity (Wildman–Crippen MR) is 81.4 cm³/mol. The number of fused-ring (bicyclic) bond motifs is 1. The zero-order valence-electron chi connectivity index (χ0n) is 11.0. The number of carbonyl (C=O) groups excluding carboxylic acids is 1. The van der Waals surface area contributed by atoms with Crippen LogP contribution >= 0.6 is 23.1 Å². The average molecular weight is 306 g/mol. The molecule has 20 heavy (non-hydrogen) atoms. The molecule has 0 bridgehead atoms. The largest absolute Gasteiger partial charge is 0.446 e. The molecule has 3 rings (SSSR count). The van der Waals surface area contributed by atoms with Crippen molar-refractivity contribution in [3.63, 3.8) is 0 Å². The number of thioether (sulfide) groups is 1. The molecule has 0 saturated heterocycles. The van der Waals surface area contributed by atoms with Gasteiger partial charge in [0, 0.05) is 29.4 Å². The standard InChI is InChI=1S/C14H14N2O2S2/c1-9-6-11-7-10(8-20-14-15-4-5-19-14)2-3-12(11)16-13(17)18-9/h2-5,7,9H,6,8H2,1H3,(H,16,17). The molecule has 0 saturated carbocycles. The van der Waals surface area contributed by atoms with Crippen LogP contribution in [-0.2, 0) is 16.9 Å². The van der Waals surface area contributed by atoms with Crippen molar-refractivity contribution < 1.29 is 9.53 Å². The third-order valence-electron chi connectivity index (χ3n) is 2.99. The molecule has 0 aliphatic carbocycles. The van der Waals surface area contributed by atoms with Gasteiger partial charge in [-0.15, -0.1) is 11.3 Å². The van der Waals surface area contributed by atoms with Gasteiger partial charge >= 0.3 is 6.09 Å². The molecule has 1 aromatic heterocycles. The van der Waals surface area contributed by atoms with Crippen LogP contribution in [0.2, 0.25) is 0 Å². The number of nitrogens with zero attached hydrogens (tertiary/aromatic N) is 1. The highest BCUT2D eigenvalue weighted by molar-refractivity contribution is 8.00. The number of cyclic esters (lactones) is 1. The smallest absolute Gasteiger partial charge is 0.411 e. The topological polar surface area (TPSA) is 51.2 Å². The summed E-state index contributed by atoms with van der Waals surface area (Å²) in [6.45, 7) is 1.91. The quantitative estimate of drug-likeness (QED) is 0.873. The third kappa shape index (κ3) is 3.13. The monoisotopic (exact) mass is 306 g/mol. The van der Waals surface area contributed by atoms with Gasteiger partial charge in [-0.3, -0.25) is 5.32 Å². The first kappa shape index (κ1) is 13.5. The van der Waals surface area contributed by atoms with Gasteiger partial charge in [-0.1, -0.05) is 23.9 Å². The van der Waals surface area contributed by atoms with Gasteiger partial charge in [0.1, 0.15) is 10.4 Å². The van der Waals surface area contributed by atoms with Gasteiger partial charge in [-0.25, -0.2) is 9.78 Å². The third-order valence-corrected chi connectivity index (χ3v) is 5.03. The van der Waals surface area contributed by atoms with Gasteiger partial charge in [0.25, 0.3) is 0 Å².